The van der Waals surface area contributed by atoms with E-state index in [0.29, 0.717) is 42.4 Å². The molecule has 0 unspecified atom stereocenters. The summed E-state index contributed by atoms with van der Waals surface area (Å²) in [5, 5.41) is 13.4. The molecule has 8 heteroatoms. The van der Waals surface area contributed by atoms with E-state index in [2.05, 4.69) is 5.32 Å². The predicted molar refractivity (Wildman–Crippen MR) is 131 cm³/mol. The lowest BCUT2D eigenvalue weighted by Crippen LogP contribution is -2.38. The van der Waals surface area contributed by atoms with Gasteiger partial charge in [-0.2, -0.15) is 0 Å². The summed E-state index contributed by atoms with van der Waals surface area (Å²) >= 11 is 0. The zero-order valence-corrected chi connectivity index (χ0v) is 20.1. The van der Waals surface area contributed by atoms with E-state index in [0.717, 1.165) is 22.4 Å². The van der Waals surface area contributed by atoms with Crippen molar-refractivity contribution in [2.75, 3.05) is 27.3 Å². The number of carbonyl (C=O) groups excluding carboxylic acids is 1. The quantitative estimate of drug-likeness (QED) is 0.448. The molecule has 1 amide bonds. The van der Waals surface area contributed by atoms with Gasteiger partial charge in [0, 0.05) is 19.1 Å². The second-order valence-corrected chi connectivity index (χ2v) is 8.90. The van der Waals surface area contributed by atoms with Crippen LogP contribution in [0.1, 0.15) is 16.7 Å². The van der Waals surface area contributed by atoms with Crippen molar-refractivity contribution in [3.05, 3.63) is 77.4 Å². The van der Waals surface area contributed by atoms with Crippen LogP contribution >= 0.6 is 0 Å². The Bertz CT molecular complexity index is 1210. The van der Waals surface area contributed by atoms with Crippen molar-refractivity contribution in [2.24, 2.45) is 11.8 Å². The molecular weight excluding hydrogens is 462 g/mol. The van der Waals surface area contributed by atoms with Crippen molar-refractivity contribution in [3.8, 4) is 28.7 Å². The van der Waals surface area contributed by atoms with E-state index in [1.54, 1.807) is 7.11 Å². The topological polar surface area (TPSA) is 95.5 Å². The lowest BCUT2D eigenvalue weighted by molar-refractivity contribution is -0.127. The molecule has 5 rings (SSSR count). The summed E-state index contributed by atoms with van der Waals surface area (Å²) in [6.07, 6.45) is 0.958. The van der Waals surface area contributed by atoms with Crippen molar-refractivity contribution < 1.29 is 33.6 Å². The van der Waals surface area contributed by atoms with E-state index in [1.807, 2.05) is 60.7 Å². The van der Waals surface area contributed by atoms with E-state index in [4.69, 9.17) is 23.7 Å². The standard InChI is InChI=1S/C28H29NO7/c1-32-22-6-2-18(3-7-22)14-29-28(31)23(11-20-5-9-25-27(13-20)36-17-34-25)21(15-30)10-19-4-8-24-26(12-19)35-16-33-24/h2-9,12-13,21,23,30H,10-11,14-17H2,1H3,(H,29,31)/t21-,23+/m1/s1. The number of hydrogen-bond acceptors (Lipinski definition) is 7. The van der Waals surface area contributed by atoms with Crippen LogP contribution in [-0.4, -0.2) is 38.3 Å². The van der Waals surface area contributed by atoms with Gasteiger partial charge < -0.3 is 34.1 Å². The molecule has 0 fully saturated rings. The van der Waals surface area contributed by atoms with Crippen LogP contribution in [0, 0.1) is 11.8 Å². The zero-order valence-electron chi connectivity index (χ0n) is 20.1. The minimum Gasteiger partial charge on any atom is -0.497 e. The summed E-state index contributed by atoms with van der Waals surface area (Å²) in [6.45, 7) is 0.624. The Morgan fingerprint density at radius 1 is 0.833 bits per heavy atom. The highest BCUT2D eigenvalue weighted by Gasteiger charge is 2.30. The number of ether oxygens (including phenoxy) is 5. The van der Waals surface area contributed by atoms with E-state index < -0.39 is 5.92 Å². The predicted octanol–water partition coefficient (Wildman–Crippen LogP) is 3.48. The summed E-state index contributed by atoms with van der Waals surface area (Å²) < 4.78 is 27.1. The van der Waals surface area contributed by atoms with Crippen molar-refractivity contribution in [1.82, 2.24) is 5.32 Å². The molecule has 0 radical (unpaired) electrons. The summed E-state index contributed by atoms with van der Waals surface area (Å²) in [4.78, 5) is 13.5. The van der Waals surface area contributed by atoms with Crippen molar-refractivity contribution in [1.29, 1.82) is 0 Å². The molecule has 3 aromatic rings. The van der Waals surface area contributed by atoms with Gasteiger partial charge in [0.25, 0.3) is 0 Å². The smallest absolute Gasteiger partial charge is 0.231 e. The molecule has 0 bridgehead atoms. The lowest BCUT2D eigenvalue weighted by atomic mass is 9.82. The molecule has 3 aromatic carbocycles. The molecule has 36 heavy (non-hydrogen) atoms. The van der Waals surface area contributed by atoms with E-state index in [-0.39, 0.29) is 32.0 Å². The molecule has 0 aromatic heterocycles. The van der Waals surface area contributed by atoms with Gasteiger partial charge in [-0.3, -0.25) is 4.79 Å². The van der Waals surface area contributed by atoms with Gasteiger partial charge in [-0.05, 0) is 71.8 Å². The van der Waals surface area contributed by atoms with Gasteiger partial charge >= 0.3 is 0 Å². The monoisotopic (exact) mass is 491 g/mol. The molecular formula is C28H29NO7. The van der Waals surface area contributed by atoms with Crippen LogP contribution < -0.4 is 29.0 Å². The number of benzene rings is 3. The highest BCUT2D eigenvalue weighted by atomic mass is 16.7. The van der Waals surface area contributed by atoms with Gasteiger partial charge in [0.1, 0.15) is 5.75 Å². The number of methoxy groups -OCH3 is 1. The Balaban J connectivity index is 1.34. The largest absolute Gasteiger partial charge is 0.497 e. The van der Waals surface area contributed by atoms with Crippen molar-refractivity contribution in [2.45, 2.75) is 19.4 Å². The molecule has 0 spiro atoms. The summed E-state index contributed by atoms with van der Waals surface area (Å²) in [6, 6.07) is 19.0. The first-order valence-corrected chi connectivity index (χ1v) is 11.9. The first kappa shape index (κ1) is 23.8. The number of carbonyl (C=O) groups is 1. The Hall–Kier alpha value is -3.91. The number of fused-ring (bicyclic) bond motifs is 2. The average Bonchev–Trinajstić information content (AvgIpc) is 3.58. The minimum atomic E-state index is -0.473. The molecule has 8 nitrogen and oxygen atoms in total. The third-order valence-electron chi connectivity index (χ3n) is 6.59. The fourth-order valence-corrected chi connectivity index (χ4v) is 4.56. The van der Waals surface area contributed by atoms with Crippen molar-refractivity contribution in [3.63, 3.8) is 0 Å². The second kappa shape index (κ2) is 10.8. The van der Waals surface area contributed by atoms with Gasteiger partial charge in [-0.25, -0.2) is 0 Å². The molecule has 2 aliphatic heterocycles. The Morgan fingerprint density at radius 2 is 1.39 bits per heavy atom. The first-order valence-electron chi connectivity index (χ1n) is 11.9. The van der Waals surface area contributed by atoms with Crippen LogP contribution in [0.5, 0.6) is 28.7 Å². The third-order valence-corrected chi connectivity index (χ3v) is 6.59. The summed E-state index contributed by atoms with van der Waals surface area (Å²) in [5.41, 5.74) is 2.87. The SMILES string of the molecule is COc1ccc(CNC(=O)[C@@H](Cc2ccc3c(c2)OCO3)[C@@H](CO)Cc2ccc3c(c2)OCO3)cc1. The van der Waals surface area contributed by atoms with Gasteiger partial charge in [-0.1, -0.05) is 24.3 Å². The molecule has 0 saturated heterocycles. The van der Waals surface area contributed by atoms with Crippen molar-refractivity contribution >= 4 is 5.91 Å². The Labute approximate surface area is 209 Å². The van der Waals surface area contributed by atoms with E-state index >= 15 is 0 Å². The molecule has 2 aliphatic rings. The highest BCUT2D eigenvalue weighted by Crippen LogP contribution is 2.36. The van der Waals surface area contributed by atoms with Gasteiger partial charge in [0.15, 0.2) is 23.0 Å². The fraction of sp³-hybridized carbons (Fsp3) is 0.321. The summed E-state index contributed by atoms with van der Waals surface area (Å²) in [5.74, 6) is 2.59. The first-order chi connectivity index (χ1) is 17.6. The van der Waals surface area contributed by atoms with Crippen LogP contribution in [0.3, 0.4) is 0 Å². The number of amides is 1. The third kappa shape index (κ3) is 5.33. The molecule has 0 saturated carbocycles. The highest BCUT2D eigenvalue weighted by molar-refractivity contribution is 5.79. The van der Waals surface area contributed by atoms with Gasteiger partial charge in [-0.15, -0.1) is 0 Å². The second-order valence-electron chi connectivity index (χ2n) is 8.90. The maximum atomic E-state index is 13.5. The van der Waals surface area contributed by atoms with Gasteiger partial charge in [0.2, 0.25) is 19.5 Å². The van der Waals surface area contributed by atoms with Gasteiger partial charge in [0.05, 0.1) is 7.11 Å². The lowest BCUT2D eigenvalue weighted by Gasteiger charge is -2.25. The van der Waals surface area contributed by atoms with Crippen LogP contribution in [0.4, 0.5) is 0 Å². The minimum absolute atomic E-state index is 0.122. The molecule has 2 atom stereocenters. The molecule has 2 heterocycles. The Morgan fingerprint density at radius 3 is 1.97 bits per heavy atom. The molecule has 188 valence electrons. The van der Waals surface area contributed by atoms with E-state index in [9.17, 15) is 9.90 Å². The average molecular weight is 492 g/mol. The summed E-state index contributed by atoms with van der Waals surface area (Å²) in [7, 11) is 1.62. The maximum absolute atomic E-state index is 13.5. The number of nitrogens with one attached hydrogen (secondary N) is 1. The number of aliphatic hydroxyl groups excluding tert-OH is 1. The molecule has 0 aliphatic carbocycles. The Kier molecular flexibility index (Phi) is 7.13. The van der Waals surface area contributed by atoms with E-state index in [1.165, 1.54) is 0 Å². The number of hydrogen-bond donors (Lipinski definition) is 2. The molecule has 2 N–H and O–H groups in total. The number of rotatable bonds is 10. The number of aliphatic hydroxyl groups is 1. The van der Waals surface area contributed by atoms with Crippen LogP contribution in [-0.2, 0) is 24.2 Å². The van der Waals surface area contributed by atoms with Crippen LogP contribution in [0.2, 0.25) is 0 Å². The zero-order chi connectivity index (χ0) is 24.9. The normalized spacial score (nSPS) is 14.8. The fourth-order valence-electron chi connectivity index (χ4n) is 4.56. The van der Waals surface area contributed by atoms with Crippen LogP contribution in [0.15, 0.2) is 60.7 Å². The van der Waals surface area contributed by atoms with Crippen LogP contribution in [0.25, 0.3) is 0 Å². The maximum Gasteiger partial charge on any atom is 0.231 e.